The van der Waals surface area contributed by atoms with Gasteiger partial charge in [0.15, 0.2) is 5.13 Å². The van der Waals surface area contributed by atoms with E-state index < -0.39 is 0 Å². The zero-order valence-corrected chi connectivity index (χ0v) is 17.9. The third-order valence-electron chi connectivity index (χ3n) is 4.61. The summed E-state index contributed by atoms with van der Waals surface area (Å²) >= 11 is 1.43. The minimum absolute atomic E-state index is 0.109. The summed E-state index contributed by atoms with van der Waals surface area (Å²) in [6, 6.07) is 13.9. The molecule has 3 rings (SSSR count). The van der Waals surface area contributed by atoms with Gasteiger partial charge in [0.2, 0.25) is 5.91 Å². The van der Waals surface area contributed by atoms with Crippen molar-refractivity contribution in [1.82, 2.24) is 9.88 Å². The largest absolute Gasteiger partial charge is 0.301 e. The van der Waals surface area contributed by atoms with Crippen LogP contribution in [0, 0.1) is 32.1 Å². The Hall–Kier alpha value is -3.01. The molecular weight excluding hydrogens is 380 g/mol. The lowest BCUT2D eigenvalue weighted by atomic mass is 9.98. The van der Waals surface area contributed by atoms with Crippen molar-refractivity contribution in [3.63, 3.8) is 0 Å². The fraction of sp³-hybridized carbons (Fsp3) is 0.261. The first kappa shape index (κ1) is 20.7. The van der Waals surface area contributed by atoms with Crippen molar-refractivity contribution in [2.45, 2.75) is 27.3 Å². The van der Waals surface area contributed by atoms with Crippen LogP contribution in [-0.4, -0.2) is 29.4 Å². The number of aromatic nitrogens is 1. The monoisotopic (exact) mass is 404 g/mol. The second kappa shape index (κ2) is 8.99. The molecule has 2 aromatic carbocycles. The van der Waals surface area contributed by atoms with Crippen LogP contribution in [0.5, 0.6) is 0 Å². The topological polar surface area (TPSA) is 69.0 Å². The van der Waals surface area contributed by atoms with Crippen LogP contribution in [0.4, 0.5) is 5.13 Å². The Balaban J connectivity index is 1.62. The number of nitriles is 1. The summed E-state index contributed by atoms with van der Waals surface area (Å²) in [6.45, 7) is 7.10. The van der Waals surface area contributed by atoms with Gasteiger partial charge in [0.25, 0.3) is 0 Å². The van der Waals surface area contributed by atoms with Crippen molar-refractivity contribution in [2.24, 2.45) is 0 Å². The van der Waals surface area contributed by atoms with E-state index >= 15 is 0 Å². The number of hydrogen-bond acceptors (Lipinski definition) is 5. The molecule has 6 heteroatoms. The first-order valence-corrected chi connectivity index (χ1v) is 10.2. The average Bonchev–Trinajstić information content (AvgIpc) is 3.08. The number of anilines is 1. The molecule has 0 bridgehead atoms. The van der Waals surface area contributed by atoms with E-state index in [1.54, 1.807) is 6.07 Å². The van der Waals surface area contributed by atoms with Gasteiger partial charge in [-0.15, -0.1) is 11.3 Å². The maximum Gasteiger partial charge on any atom is 0.240 e. The summed E-state index contributed by atoms with van der Waals surface area (Å²) in [5.74, 6) is -0.109. The van der Waals surface area contributed by atoms with Gasteiger partial charge in [-0.1, -0.05) is 29.8 Å². The summed E-state index contributed by atoms with van der Waals surface area (Å²) in [6.07, 6.45) is 0. The number of likely N-dealkylation sites (N-methyl/N-ethyl adjacent to an activating group) is 1. The van der Waals surface area contributed by atoms with Crippen molar-refractivity contribution in [1.29, 1.82) is 5.26 Å². The van der Waals surface area contributed by atoms with E-state index in [0.717, 1.165) is 16.8 Å². The Bertz CT molecular complexity index is 1060. The van der Waals surface area contributed by atoms with Crippen molar-refractivity contribution in [3.8, 4) is 17.3 Å². The summed E-state index contributed by atoms with van der Waals surface area (Å²) in [5.41, 5.74) is 7.24. The van der Waals surface area contributed by atoms with Gasteiger partial charge < -0.3 is 5.32 Å². The molecule has 0 aliphatic carbocycles. The van der Waals surface area contributed by atoms with Crippen LogP contribution in [-0.2, 0) is 11.3 Å². The average molecular weight is 405 g/mol. The molecule has 0 atom stereocenters. The van der Waals surface area contributed by atoms with Crippen molar-refractivity contribution in [2.75, 3.05) is 18.9 Å². The molecule has 1 amide bonds. The highest BCUT2D eigenvalue weighted by Gasteiger charge is 2.13. The smallest absolute Gasteiger partial charge is 0.240 e. The summed E-state index contributed by atoms with van der Waals surface area (Å²) in [7, 11) is 1.88. The fourth-order valence-electron chi connectivity index (χ4n) is 3.54. The molecule has 0 aliphatic rings. The molecule has 148 valence electrons. The Morgan fingerprint density at radius 1 is 1.21 bits per heavy atom. The highest BCUT2D eigenvalue weighted by atomic mass is 32.1. The molecule has 3 aromatic rings. The van der Waals surface area contributed by atoms with Crippen LogP contribution in [0.25, 0.3) is 11.3 Å². The normalized spacial score (nSPS) is 10.8. The first-order valence-electron chi connectivity index (χ1n) is 9.37. The molecule has 0 saturated carbocycles. The molecule has 1 N–H and O–H groups in total. The van der Waals surface area contributed by atoms with Crippen molar-refractivity contribution >= 4 is 22.4 Å². The number of benzene rings is 2. The number of nitrogens with one attached hydrogen (secondary N) is 1. The third-order valence-corrected chi connectivity index (χ3v) is 5.36. The van der Waals surface area contributed by atoms with Crippen LogP contribution in [0.15, 0.2) is 41.8 Å². The molecule has 5 nitrogen and oxygen atoms in total. The molecular formula is C23H24N4OS. The van der Waals surface area contributed by atoms with Gasteiger partial charge in [0.05, 0.1) is 23.9 Å². The molecule has 0 fully saturated rings. The van der Waals surface area contributed by atoms with E-state index in [-0.39, 0.29) is 12.5 Å². The van der Waals surface area contributed by atoms with Gasteiger partial charge in [-0.25, -0.2) is 4.98 Å². The highest BCUT2D eigenvalue weighted by molar-refractivity contribution is 7.14. The highest BCUT2D eigenvalue weighted by Crippen LogP contribution is 2.31. The van der Waals surface area contributed by atoms with Gasteiger partial charge in [-0.05, 0) is 56.6 Å². The molecule has 0 saturated heterocycles. The van der Waals surface area contributed by atoms with Crippen LogP contribution in [0.2, 0.25) is 0 Å². The Morgan fingerprint density at radius 2 is 1.93 bits per heavy atom. The number of amides is 1. The Morgan fingerprint density at radius 3 is 2.62 bits per heavy atom. The standard InChI is InChI=1S/C23H24N4OS/c1-15-8-16(2)22(17(3)9-15)20-14-29-23(25-20)26-21(28)13-27(4)12-19-7-5-6-18(10-19)11-24/h5-10,14H,12-13H2,1-4H3,(H,25,26,28). The number of carbonyl (C=O) groups excluding carboxylic acids is 1. The maximum absolute atomic E-state index is 12.4. The predicted octanol–water partition coefficient (Wildman–Crippen LogP) is 4.68. The Kier molecular flexibility index (Phi) is 6.42. The molecule has 0 spiro atoms. The van der Waals surface area contributed by atoms with Gasteiger partial charge in [0.1, 0.15) is 0 Å². The van der Waals surface area contributed by atoms with E-state index in [4.69, 9.17) is 5.26 Å². The molecule has 1 aromatic heterocycles. The van der Waals surface area contributed by atoms with Gasteiger partial charge in [0, 0.05) is 17.5 Å². The van der Waals surface area contributed by atoms with Crippen molar-refractivity contribution in [3.05, 3.63) is 69.6 Å². The molecule has 0 aliphatic heterocycles. The van der Waals surface area contributed by atoms with Crippen molar-refractivity contribution < 1.29 is 4.79 Å². The zero-order valence-electron chi connectivity index (χ0n) is 17.1. The minimum atomic E-state index is -0.109. The number of aryl methyl sites for hydroxylation is 3. The Labute approximate surface area is 175 Å². The molecule has 0 radical (unpaired) electrons. The number of hydrogen-bond donors (Lipinski definition) is 1. The quantitative estimate of drug-likeness (QED) is 0.648. The lowest BCUT2D eigenvalue weighted by Gasteiger charge is -2.16. The maximum atomic E-state index is 12.4. The van der Waals surface area contributed by atoms with Crippen LogP contribution in [0.3, 0.4) is 0 Å². The van der Waals surface area contributed by atoms with Gasteiger partial charge >= 0.3 is 0 Å². The van der Waals surface area contributed by atoms with E-state index in [2.05, 4.69) is 49.3 Å². The van der Waals surface area contributed by atoms with E-state index in [0.29, 0.717) is 17.2 Å². The van der Waals surface area contributed by atoms with Crippen LogP contribution < -0.4 is 5.32 Å². The molecule has 1 heterocycles. The van der Waals surface area contributed by atoms with E-state index in [1.807, 2.05) is 35.5 Å². The molecule has 0 unspecified atom stereocenters. The third kappa shape index (κ3) is 5.29. The second-order valence-electron chi connectivity index (χ2n) is 7.34. The fourth-order valence-corrected chi connectivity index (χ4v) is 4.26. The lowest BCUT2D eigenvalue weighted by Crippen LogP contribution is -2.29. The number of rotatable bonds is 6. The predicted molar refractivity (Wildman–Crippen MR) is 118 cm³/mol. The number of carbonyl (C=O) groups is 1. The summed E-state index contributed by atoms with van der Waals surface area (Å²) in [4.78, 5) is 19.0. The summed E-state index contributed by atoms with van der Waals surface area (Å²) < 4.78 is 0. The molecule has 29 heavy (non-hydrogen) atoms. The van der Waals surface area contributed by atoms with Crippen LogP contribution >= 0.6 is 11.3 Å². The van der Waals surface area contributed by atoms with Crippen LogP contribution in [0.1, 0.15) is 27.8 Å². The SMILES string of the molecule is Cc1cc(C)c(-c2csc(NC(=O)CN(C)Cc3cccc(C#N)c3)n2)c(C)c1. The number of nitrogens with zero attached hydrogens (tertiary/aromatic N) is 3. The van der Waals surface area contributed by atoms with E-state index in [9.17, 15) is 4.79 Å². The summed E-state index contributed by atoms with van der Waals surface area (Å²) in [5, 5.41) is 14.5. The second-order valence-corrected chi connectivity index (χ2v) is 8.20. The lowest BCUT2D eigenvalue weighted by molar-refractivity contribution is -0.117. The zero-order chi connectivity index (χ0) is 21.0. The van der Waals surface area contributed by atoms with Gasteiger partial charge in [-0.3, -0.25) is 9.69 Å². The minimum Gasteiger partial charge on any atom is -0.301 e. The van der Waals surface area contributed by atoms with E-state index in [1.165, 1.54) is 28.0 Å². The number of thiazole rings is 1. The first-order chi connectivity index (χ1) is 13.9. The van der Waals surface area contributed by atoms with Gasteiger partial charge in [-0.2, -0.15) is 5.26 Å².